The number of nitrogens with zero attached hydrogens (tertiary/aromatic N) is 4. The van der Waals surface area contributed by atoms with Crippen LogP contribution < -0.4 is 5.56 Å². The van der Waals surface area contributed by atoms with Crippen LogP contribution in [-0.4, -0.2) is 38.7 Å². The Labute approximate surface area is 156 Å². The van der Waals surface area contributed by atoms with E-state index in [2.05, 4.69) is 16.5 Å². The number of allylic oxidation sites excluding steroid dienone is 3. The van der Waals surface area contributed by atoms with E-state index < -0.39 is 5.97 Å². The predicted molar refractivity (Wildman–Crippen MR) is 104 cm³/mol. The lowest BCUT2D eigenvalue weighted by atomic mass is 10.2. The fourth-order valence-corrected chi connectivity index (χ4v) is 2.85. The quantitative estimate of drug-likeness (QED) is 0.254. The van der Waals surface area contributed by atoms with Crippen molar-refractivity contribution in [1.82, 2.24) is 19.3 Å². The molecule has 2 heterocycles. The number of aromatic nitrogens is 4. The Bertz CT molecular complexity index is 967. The summed E-state index contributed by atoms with van der Waals surface area (Å²) in [4.78, 5) is 33.3. The molecule has 0 saturated carbocycles. The molecule has 0 spiro atoms. The van der Waals surface area contributed by atoms with Crippen LogP contribution in [0.2, 0.25) is 0 Å². The summed E-state index contributed by atoms with van der Waals surface area (Å²) in [5.41, 5.74) is 1.03. The molecule has 7 nitrogen and oxygen atoms in total. The Balaban J connectivity index is 2.88. The molecule has 0 unspecified atom stereocenters. The minimum atomic E-state index is -0.540. The maximum absolute atomic E-state index is 12.9. The molecule has 0 N–H and O–H groups in total. The number of fused-ring (bicyclic) bond motifs is 1. The van der Waals surface area contributed by atoms with E-state index in [0.717, 1.165) is 0 Å². The van der Waals surface area contributed by atoms with Crippen molar-refractivity contribution in [2.24, 2.45) is 0 Å². The molecule has 2 rings (SSSR count). The lowest BCUT2D eigenvalue weighted by molar-refractivity contribution is -0.135. The molecule has 0 aliphatic rings. The van der Waals surface area contributed by atoms with Gasteiger partial charge in [-0.3, -0.25) is 4.79 Å². The van der Waals surface area contributed by atoms with E-state index in [9.17, 15) is 9.59 Å². The average molecular weight is 374 g/mol. The van der Waals surface area contributed by atoms with Crippen molar-refractivity contribution >= 4 is 34.5 Å². The van der Waals surface area contributed by atoms with E-state index in [0.29, 0.717) is 21.9 Å². The van der Waals surface area contributed by atoms with Crippen LogP contribution >= 0.6 is 11.8 Å². The Morgan fingerprint density at radius 2 is 2.12 bits per heavy atom. The SMILES string of the molecule is C=C(/C=C(\C=C/C)n1c2nc(SC)ncc2c(=O)n1C(C)C)C(=O)OC. The first-order valence-corrected chi connectivity index (χ1v) is 9.24. The summed E-state index contributed by atoms with van der Waals surface area (Å²) in [5, 5.41) is 0.967. The summed E-state index contributed by atoms with van der Waals surface area (Å²) in [5.74, 6) is -0.540. The second kappa shape index (κ2) is 8.18. The van der Waals surface area contributed by atoms with Crippen molar-refractivity contribution < 1.29 is 9.53 Å². The largest absolute Gasteiger partial charge is 0.465 e. The summed E-state index contributed by atoms with van der Waals surface area (Å²) in [6.45, 7) is 9.40. The first-order chi connectivity index (χ1) is 12.3. The molecule has 0 aliphatic carbocycles. The van der Waals surface area contributed by atoms with Gasteiger partial charge in [-0.25, -0.2) is 24.1 Å². The molecular formula is C18H22N4O3S. The molecule has 0 radical (unpaired) electrons. The third kappa shape index (κ3) is 3.65. The van der Waals surface area contributed by atoms with Crippen molar-refractivity contribution in [3.63, 3.8) is 0 Å². The third-order valence-electron chi connectivity index (χ3n) is 3.62. The number of carbonyl (C=O) groups is 1. The molecule has 138 valence electrons. The van der Waals surface area contributed by atoms with E-state index in [4.69, 9.17) is 4.74 Å². The standard InChI is InChI=1S/C18H22N4O3S/c1-7-8-13(9-12(4)17(24)25-5)22-15-14(10-19-18(20-15)26-6)16(23)21(22)11(2)3/h7-11H,4H2,1-3,5-6H3/b8-7-,13-9+. The fourth-order valence-electron chi connectivity index (χ4n) is 2.52. The molecule has 0 amide bonds. The van der Waals surface area contributed by atoms with Crippen LogP contribution in [0.4, 0.5) is 0 Å². The molecule has 0 atom stereocenters. The summed E-state index contributed by atoms with van der Waals surface area (Å²) < 4.78 is 8.00. The summed E-state index contributed by atoms with van der Waals surface area (Å²) in [6, 6.07) is -0.130. The van der Waals surface area contributed by atoms with Gasteiger partial charge in [0.05, 0.1) is 18.4 Å². The van der Waals surface area contributed by atoms with Gasteiger partial charge in [0.15, 0.2) is 10.8 Å². The van der Waals surface area contributed by atoms with E-state index in [1.165, 1.54) is 25.1 Å². The Morgan fingerprint density at radius 1 is 1.42 bits per heavy atom. The maximum atomic E-state index is 12.9. The maximum Gasteiger partial charge on any atom is 0.337 e. The molecule has 0 saturated heterocycles. The van der Waals surface area contributed by atoms with Crippen molar-refractivity contribution in [3.05, 3.63) is 46.9 Å². The number of hydrogen-bond donors (Lipinski definition) is 0. The highest BCUT2D eigenvalue weighted by molar-refractivity contribution is 7.98. The van der Waals surface area contributed by atoms with Gasteiger partial charge < -0.3 is 4.74 Å². The molecule has 0 bridgehead atoms. The van der Waals surface area contributed by atoms with Gasteiger partial charge in [-0.2, -0.15) is 0 Å². The van der Waals surface area contributed by atoms with Gasteiger partial charge in [0.25, 0.3) is 5.56 Å². The number of carbonyl (C=O) groups excluding carboxylic acids is 1. The highest BCUT2D eigenvalue weighted by Crippen LogP contribution is 2.21. The van der Waals surface area contributed by atoms with Crippen LogP contribution in [-0.2, 0) is 9.53 Å². The molecule has 8 heteroatoms. The first-order valence-electron chi connectivity index (χ1n) is 8.01. The normalized spacial score (nSPS) is 12.3. The smallest absolute Gasteiger partial charge is 0.337 e. The van der Waals surface area contributed by atoms with Gasteiger partial charge in [0, 0.05) is 12.2 Å². The van der Waals surface area contributed by atoms with Crippen LogP contribution in [0.25, 0.3) is 16.7 Å². The number of ether oxygens (including phenoxy) is 1. The van der Waals surface area contributed by atoms with Gasteiger partial charge in [-0.15, -0.1) is 0 Å². The lowest BCUT2D eigenvalue weighted by Gasteiger charge is -2.16. The fraction of sp³-hybridized carbons (Fsp3) is 0.333. The Hall–Kier alpha value is -2.61. The number of thioether (sulfide) groups is 1. The lowest BCUT2D eigenvalue weighted by Crippen LogP contribution is -2.24. The van der Waals surface area contributed by atoms with E-state index in [-0.39, 0.29) is 17.2 Å². The first kappa shape index (κ1) is 19.7. The molecule has 2 aromatic heterocycles. The van der Waals surface area contributed by atoms with Gasteiger partial charge >= 0.3 is 5.97 Å². The zero-order chi connectivity index (χ0) is 19.4. The monoisotopic (exact) mass is 374 g/mol. The second-order valence-electron chi connectivity index (χ2n) is 5.74. The zero-order valence-corrected chi connectivity index (χ0v) is 16.3. The van der Waals surface area contributed by atoms with E-state index in [1.54, 1.807) is 21.5 Å². The number of hydrogen-bond acceptors (Lipinski definition) is 6. The average Bonchev–Trinajstić information content (AvgIpc) is 2.92. The van der Waals surface area contributed by atoms with Gasteiger partial charge in [0.2, 0.25) is 0 Å². The molecular weight excluding hydrogens is 352 g/mol. The number of rotatable bonds is 6. The molecule has 0 aromatic carbocycles. The molecule has 2 aromatic rings. The summed E-state index contributed by atoms with van der Waals surface area (Å²) >= 11 is 1.39. The highest BCUT2D eigenvalue weighted by Gasteiger charge is 2.20. The molecule has 0 fully saturated rings. The van der Waals surface area contributed by atoms with Crippen molar-refractivity contribution in [2.45, 2.75) is 32.0 Å². The van der Waals surface area contributed by atoms with E-state index in [1.807, 2.05) is 33.1 Å². The van der Waals surface area contributed by atoms with Crippen LogP contribution in [0.3, 0.4) is 0 Å². The summed E-state index contributed by atoms with van der Waals surface area (Å²) in [7, 11) is 1.30. The van der Waals surface area contributed by atoms with Gasteiger partial charge in [-0.05, 0) is 39.2 Å². The highest BCUT2D eigenvalue weighted by atomic mass is 32.2. The van der Waals surface area contributed by atoms with Crippen LogP contribution in [0.5, 0.6) is 0 Å². The van der Waals surface area contributed by atoms with Gasteiger partial charge in [0.1, 0.15) is 5.39 Å². The minimum absolute atomic E-state index is 0.130. The number of methoxy groups -OCH3 is 1. The van der Waals surface area contributed by atoms with E-state index >= 15 is 0 Å². The van der Waals surface area contributed by atoms with Crippen LogP contribution in [0.1, 0.15) is 26.8 Å². The summed E-state index contributed by atoms with van der Waals surface area (Å²) in [6.07, 6.45) is 8.57. The second-order valence-corrected chi connectivity index (χ2v) is 6.51. The zero-order valence-electron chi connectivity index (χ0n) is 15.5. The topological polar surface area (TPSA) is 79.0 Å². The van der Waals surface area contributed by atoms with Crippen LogP contribution in [0.15, 0.2) is 46.5 Å². The minimum Gasteiger partial charge on any atom is -0.465 e. The third-order valence-corrected chi connectivity index (χ3v) is 4.19. The molecule has 26 heavy (non-hydrogen) atoms. The Morgan fingerprint density at radius 3 is 2.65 bits per heavy atom. The van der Waals surface area contributed by atoms with Crippen molar-refractivity contribution in [3.8, 4) is 0 Å². The Kier molecular flexibility index (Phi) is 6.20. The number of esters is 1. The van der Waals surface area contributed by atoms with Crippen LogP contribution in [0, 0.1) is 0 Å². The van der Waals surface area contributed by atoms with Crippen molar-refractivity contribution in [1.29, 1.82) is 0 Å². The molecule has 0 aliphatic heterocycles. The predicted octanol–water partition coefficient (Wildman–Crippen LogP) is 3.04. The van der Waals surface area contributed by atoms with Gasteiger partial charge in [-0.1, -0.05) is 24.4 Å². The van der Waals surface area contributed by atoms with Crippen molar-refractivity contribution in [2.75, 3.05) is 13.4 Å².